The van der Waals surface area contributed by atoms with Gasteiger partial charge in [0.1, 0.15) is 18.1 Å². The first kappa shape index (κ1) is 21.3. The minimum atomic E-state index is -0.523. The molecular formula is C27H17Cl2NO3. The number of nitrogens with zero attached hydrogens (tertiary/aromatic N) is 1. The summed E-state index contributed by atoms with van der Waals surface area (Å²) in [5.41, 5.74) is 3.12. The highest BCUT2D eigenvalue weighted by Gasteiger charge is 2.27. The topological polar surface area (TPSA) is 47.9 Å². The number of hydrogen-bond donors (Lipinski definition) is 0. The third-order valence-corrected chi connectivity index (χ3v) is 5.95. The Morgan fingerprint density at radius 3 is 2.33 bits per heavy atom. The van der Waals surface area contributed by atoms with Crippen molar-refractivity contribution in [3.63, 3.8) is 0 Å². The zero-order chi connectivity index (χ0) is 22.8. The molecule has 0 unspecified atom stereocenters. The molecular weight excluding hydrogens is 457 g/mol. The van der Waals surface area contributed by atoms with Crippen LogP contribution in [-0.4, -0.2) is 11.7 Å². The molecule has 0 aromatic heterocycles. The Kier molecular flexibility index (Phi) is 5.86. The molecule has 5 rings (SSSR count). The number of rotatable bonds is 5. The fraction of sp³-hybridized carbons (Fsp3) is 0.0370. The normalized spacial score (nSPS) is 14.4. The first-order valence-electron chi connectivity index (χ1n) is 10.2. The molecule has 4 aromatic rings. The third kappa shape index (κ3) is 4.49. The average Bonchev–Trinajstić information content (AvgIpc) is 3.19. The minimum absolute atomic E-state index is 0.288. The van der Waals surface area contributed by atoms with Crippen LogP contribution in [0.1, 0.15) is 16.7 Å². The zero-order valence-electron chi connectivity index (χ0n) is 17.3. The van der Waals surface area contributed by atoms with Crippen LogP contribution in [0.25, 0.3) is 16.8 Å². The summed E-state index contributed by atoms with van der Waals surface area (Å²) >= 11 is 12.3. The second kappa shape index (κ2) is 9.10. The Morgan fingerprint density at radius 1 is 0.879 bits per heavy atom. The van der Waals surface area contributed by atoms with Gasteiger partial charge in [-0.05, 0) is 47.2 Å². The number of carbonyl (C=O) groups excluding carboxylic acids is 1. The van der Waals surface area contributed by atoms with Gasteiger partial charge in [-0.15, -0.1) is 0 Å². The summed E-state index contributed by atoms with van der Waals surface area (Å²) < 4.78 is 6.18. The van der Waals surface area contributed by atoms with Gasteiger partial charge in [0, 0.05) is 26.7 Å². The van der Waals surface area contributed by atoms with Crippen molar-refractivity contribution >= 4 is 51.7 Å². The fourth-order valence-electron chi connectivity index (χ4n) is 3.63. The summed E-state index contributed by atoms with van der Waals surface area (Å²) in [6.45, 7) is 0.288. The van der Waals surface area contributed by atoms with E-state index >= 15 is 0 Å². The smallest absolute Gasteiger partial charge is 0.368 e. The fourth-order valence-corrected chi connectivity index (χ4v) is 3.94. The highest BCUT2D eigenvalue weighted by atomic mass is 35.5. The van der Waals surface area contributed by atoms with Crippen LogP contribution in [0.15, 0.2) is 95.7 Å². The van der Waals surface area contributed by atoms with Gasteiger partial charge in [0.25, 0.3) is 0 Å². The molecule has 1 heterocycles. The second-order valence-corrected chi connectivity index (χ2v) is 8.34. The Bertz CT molecular complexity index is 1430. The van der Waals surface area contributed by atoms with Crippen molar-refractivity contribution in [1.82, 2.24) is 0 Å². The maximum atomic E-state index is 12.5. The number of oxime groups is 1. The number of carbonyl (C=O) groups is 1. The largest absolute Gasteiger partial charge is 0.488 e. The van der Waals surface area contributed by atoms with Crippen LogP contribution in [0.5, 0.6) is 5.75 Å². The molecule has 33 heavy (non-hydrogen) atoms. The third-order valence-electron chi connectivity index (χ3n) is 5.33. The number of hydrogen-bond acceptors (Lipinski definition) is 4. The first-order chi connectivity index (χ1) is 16.1. The number of halogens is 2. The van der Waals surface area contributed by atoms with Gasteiger partial charge in [0.15, 0.2) is 0 Å². The van der Waals surface area contributed by atoms with Crippen molar-refractivity contribution in [1.29, 1.82) is 0 Å². The summed E-state index contributed by atoms with van der Waals surface area (Å²) in [7, 11) is 0. The van der Waals surface area contributed by atoms with Crippen LogP contribution < -0.4 is 4.74 Å². The summed E-state index contributed by atoms with van der Waals surface area (Å²) in [6, 6.07) is 26.5. The van der Waals surface area contributed by atoms with Crippen molar-refractivity contribution in [2.45, 2.75) is 6.61 Å². The van der Waals surface area contributed by atoms with E-state index in [1.807, 2.05) is 60.7 Å². The molecule has 0 saturated carbocycles. The minimum Gasteiger partial charge on any atom is -0.488 e. The zero-order valence-corrected chi connectivity index (χ0v) is 18.8. The maximum absolute atomic E-state index is 12.5. The van der Waals surface area contributed by atoms with Crippen LogP contribution in [0.2, 0.25) is 10.0 Å². The lowest BCUT2D eigenvalue weighted by Gasteiger charge is -2.13. The van der Waals surface area contributed by atoms with E-state index in [4.69, 9.17) is 32.8 Å². The number of benzene rings is 4. The Labute approximate surface area is 200 Å². The molecule has 0 spiro atoms. The highest BCUT2D eigenvalue weighted by Crippen LogP contribution is 2.31. The predicted octanol–water partition coefficient (Wildman–Crippen LogP) is 7.07. The molecule has 6 heteroatoms. The first-order valence-corrected chi connectivity index (χ1v) is 11.0. The molecule has 0 fully saturated rings. The SMILES string of the molecule is O=C1ON=C(c2ccc(Cl)cc2)C1=Cc1cc2ccccc2cc1OCc1ccccc1Cl. The quantitative estimate of drug-likeness (QED) is 0.230. The molecule has 1 aliphatic heterocycles. The van der Waals surface area contributed by atoms with E-state index in [1.54, 1.807) is 30.3 Å². The van der Waals surface area contributed by atoms with Crippen molar-refractivity contribution < 1.29 is 14.4 Å². The van der Waals surface area contributed by atoms with E-state index in [9.17, 15) is 4.79 Å². The molecule has 0 saturated heterocycles. The van der Waals surface area contributed by atoms with Crippen molar-refractivity contribution in [2.24, 2.45) is 5.16 Å². The predicted molar refractivity (Wildman–Crippen MR) is 132 cm³/mol. The molecule has 4 nitrogen and oxygen atoms in total. The maximum Gasteiger partial charge on any atom is 0.368 e. The van der Waals surface area contributed by atoms with Crippen molar-refractivity contribution in [2.75, 3.05) is 0 Å². The number of fused-ring (bicyclic) bond motifs is 1. The summed E-state index contributed by atoms with van der Waals surface area (Å²) in [6.07, 6.45) is 1.75. The van der Waals surface area contributed by atoms with Gasteiger partial charge < -0.3 is 9.57 Å². The summed E-state index contributed by atoms with van der Waals surface area (Å²) in [5.74, 6) is 0.0986. The molecule has 0 bridgehead atoms. The molecule has 0 amide bonds. The van der Waals surface area contributed by atoms with Gasteiger partial charge >= 0.3 is 5.97 Å². The van der Waals surface area contributed by atoms with Gasteiger partial charge in [-0.25, -0.2) is 4.79 Å². The Morgan fingerprint density at radius 2 is 1.58 bits per heavy atom. The van der Waals surface area contributed by atoms with Crippen LogP contribution >= 0.6 is 23.2 Å². The van der Waals surface area contributed by atoms with Crippen LogP contribution in [0, 0.1) is 0 Å². The molecule has 162 valence electrons. The molecule has 0 atom stereocenters. The van der Waals surface area contributed by atoms with Gasteiger partial charge in [-0.3, -0.25) is 0 Å². The lowest BCUT2D eigenvalue weighted by atomic mass is 9.99. The van der Waals surface area contributed by atoms with Crippen molar-refractivity contribution in [3.8, 4) is 5.75 Å². The van der Waals surface area contributed by atoms with E-state index in [-0.39, 0.29) is 6.61 Å². The van der Waals surface area contributed by atoms with Crippen LogP contribution in [0.4, 0.5) is 0 Å². The summed E-state index contributed by atoms with van der Waals surface area (Å²) in [5, 5.41) is 7.26. The van der Waals surface area contributed by atoms with E-state index in [1.165, 1.54) is 0 Å². The Balaban J connectivity index is 1.57. The Hall–Kier alpha value is -3.60. The van der Waals surface area contributed by atoms with Gasteiger partial charge in [0.05, 0.1) is 5.57 Å². The second-order valence-electron chi connectivity index (χ2n) is 7.50. The van der Waals surface area contributed by atoms with Crippen LogP contribution in [0.3, 0.4) is 0 Å². The highest BCUT2D eigenvalue weighted by molar-refractivity contribution is 6.33. The summed E-state index contributed by atoms with van der Waals surface area (Å²) in [4.78, 5) is 17.5. The standard InChI is InChI=1S/C27H17Cl2NO3/c28-22-11-9-17(10-12-22)26-23(27(31)33-30-26)14-21-13-18-5-1-2-6-19(18)15-25(21)32-16-20-7-3-4-8-24(20)29/h1-15H,16H2. The van der Waals surface area contributed by atoms with E-state index in [0.717, 1.165) is 27.5 Å². The van der Waals surface area contributed by atoms with Crippen LogP contribution in [-0.2, 0) is 16.2 Å². The van der Waals surface area contributed by atoms with Crippen molar-refractivity contribution in [3.05, 3.63) is 117 Å². The molecule has 4 aromatic carbocycles. The molecule has 0 radical (unpaired) electrons. The van der Waals surface area contributed by atoms with E-state index < -0.39 is 5.97 Å². The average molecular weight is 474 g/mol. The van der Waals surface area contributed by atoms with E-state index in [0.29, 0.717) is 27.1 Å². The molecule has 0 N–H and O–H groups in total. The lowest BCUT2D eigenvalue weighted by molar-refractivity contribution is -0.136. The van der Waals surface area contributed by atoms with Gasteiger partial charge in [0.2, 0.25) is 0 Å². The van der Waals surface area contributed by atoms with Gasteiger partial charge in [-0.1, -0.05) is 83.0 Å². The monoisotopic (exact) mass is 473 g/mol. The molecule has 0 aliphatic carbocycles. The lowest BCUT2D eigenvalue weighted by Crippen LogP contribution is -2.07. The van der Waals surface area contributed by atoms with Gasteiger partial charge in [-0.2, -0.15) is 0 Å². The molecule has 1 aliphatic rings. The van der Waals surface area contributed by atoms with E-state index in [2.05, 4.69) is 5.16 Å². The number of ether oxygens (including phenoxy) is 1.